The van der Waals surface area contributed by atoms with E-state index in [4.69, 9.17) is 18.6 Å². The number of alkyl halides is 1. The number of hydrogen-bond donors (Lipinski definition) is 0. The Morgan fingerprint density at radius 2 is 1.53 bits per heavy atom. The van der Waals surface area contributed by atoms with Gasteiger partial charge in [0.2, 0.25) is 0 Å². The molecule has 0 aliphatic carbocycles. The molecule has 0 saturated carbocycles. The molecule has 0 unspecified atom stereocenters. The Bertz CT molecular complexity index is 824. The van der Waals surface area contributed by atoms with Crippen LogP contribution in [0.5, 0.6) is 11.5 Å². The van der Waals surface area contributed by atoms with Crippen LogP contribution in [0, 0.1) is 6.92 Å². The molecule has 0 spiro atoms. The van der Waals surface area contributed by atoms with Crippen LogP contribution in [0.25, 0.3) is 0 Å². The molecular weight excluding hydrogens is 531 g/mol. The van der Waals surface area contributed by atoms with Crippen molar-refractivity contribution in [2.75, 3.05) is 20.8 Å². The first-order valence-electron chi connectivity index (χ1n) is 11.2. The van der Waals surface area contributed by atoms with Gasteiger partial charge in [-0.3, -0.25) is 0 Å². The fourth-order valence-corrected chi connectivity index (χ4v) is 5.36. The van der Waals surface area contributed by atoms with Crippen LogP contribution in [0.15, 0.2) is 42.5 Å². The SMILES string of the molecule is COc1cc([C@@H](CCO[C@H](I)Cc2ccccc2)O[Si](C)(C)C(C)(C)C)cc(OC)c1C. The number of methoxy groups -OCH3 is 2. The normalized spacial score (nSPS) is 14.2. The number of hydrogen-bond acceptors (Lipinski definition) is 4. The predicted octanol–water partition coefficient (Wildman–Crippen LogP) is 7.49. The zero-order chi connectivity index (χ0) is 23.9. The molecule has 0 saturated heterocycles. The molecule has 0 aliphatic heterocycles. The molecule has 2 atom stereocenters. The first-order chi connectivity index (χ1) is 15.0. The summed E-state index contributed by atoms with van der Waals surface area (Å²) >= 11 is 2.38. The van der Waals surface area contributed by atoms with Gasteiger partial charge in [-0.25, -0.2) is 0 Å². The second-order valence-electron chi connectivity index (χ2n) is 9.68. The highest BCUT2D eigenvalue weighted by Crippen LogP contribution is 2.42. The largest absolute Gasteiger partial charge is 0.496 e. The van der Waals surface area contributed by atoms with Crippen LogP contribution in [0.3, 0.4) is 0 Å². The standard InChI is InChI=1S/C26H39IO4Si/c1-19-23(28-5)17-21(18-24(19)29-6)22(31-32(7,8)26(2,3)4)14-15-30-25(27)16-20-12-10-9-11-13-20/h9-13,17-18,22,25H,14-16H2,1-8H3/t22-,25+/m1/s1. The van der Waals surface area contributed by atoms with Gasteiger partial charge in [0.25, 0.3) is 0 Å². The van der Waals surface area contributed by atoms with Crippen molar-refractivity contribution in [3.05, 3.63) is 59.2 Å². The molecule has 0 aromatic heterocycles. The van der Waals surface area contributed by atoms with Gasteiger partial charge in [0.1, 0.15) is 15.6 Å². The fraction of sp³-hybridized carbons (Fsp3) is 0.538. The van der Waals surface area contributed by atoms with Gasteiger partial charge in [-0.2, -0.15) is 0 Å². The minimum Gasteiger partial charge on any atom is -0.496 e. The van der Waals surface area contributed by atoms with Crippen molar-refractivity contribution in [3.8, 4) is 11.5 Å². The van der Waals surface area contributed by atoms with Crippen molar-refractivity contribution >= 4 is 30.9 Å². The van der Waals surface area contributed by atoms with Gasteiger partial charge in [-0.15, -0.1) is 0 Å². The van der Waals surface area contributed by atoms with Gasteiger partial charge in [-0.05, 0) is 48.3 Å². The third-order valence-electron chi connectivity index (χ3n) is 6.31. The average Bonchev–Trinajstić information content (AvgIpc) is 2.73. The lowest BCUT2D eigenvalue weighted by atomic mass is 10.0. The van der Waals surface area contributed by atoms with E-state index in [1.807, 2.05) is 13.0 Å². The average molecular weight is 571 g/mol. The van der Waals surface area contributed by atoms with Crippen molar-refractivity contribution in [1.29, 1.82) is 0 Å². The highest BCUT2D eigenvalue weighted by Gasteiger charge is 2.39. The first-order valence-corrected chi connectivity index (χ1v) is 15.3. The van der Waals surface area contributed by atoms with E-state index in [0.717, 1.165) is 35.5 Å². The lowest BCUT2D eigenvalue weighted by Gasteiger charge is -2.39. The summed E-state index contributed by atoms with van der Waals surface area (Å²) in [5, 5.41) is 0.115. The number of rotatable bonds is 11. The van der Waals surface area contributed by atoms with Crippen molar-refractivity contribution in [2.24, 2.45) is 0 Å². The van der Waals surface area contributed by atoms with Crippen molar-refractivity contribution in [2.45, 2.75) is 68.9 Å². The van der Waals surface area contributed by atoms with Gasteiger partial charge in [0, 0.05) is 18.4 Å². The van der Waals surface area contributed by atoms with Gasteiger partial charge < -0.3 is 18.6 Å². The fourth-order valence-electron chi connectivity index (χ4n) is 3.28. The molecule has 0 amide bonds. The lowest BCUT2D eigenvalue weighted by molar-refractivity contribution is 0.0794. The summed E-state index contributed by atoms with van der Waals surface area (Å²) in [5.74, 6) is 1.64. The molecule has 0 fully saturated rings. The maximum atomic E-state index is 6.87. The predicted molar refractivity (Wildman–Crippen MR) is 144 cm³/mol. The van der Waals surface area contributed by atoms with Crippen LogP contribution >= 0.6 is 22.6 Å². The van der Waals surface area contributed by atoms with Crippen LogP contribution in [-0.4, -0.2) is 33.3 Å². The molecule has 2 aromatic carbocycles. The maximum Gasteiger partial charge on any atom is 0.192 e. The molecule has 178 valence electrons. The lowest BCUT2D eigenvalue weighted by Crippen LogP contribution is -2.42. The molecule has 0 aliphatic rings. The van der Waals surface area contributed by atoms with Gasteiger partial charge in [-0.1, -0.05) is 73.7 Å². The van der Waals surface area contributed by atoms with E-state index in [1.165, 1.54) is 5.56 Å². The molecule has 0 heterocycles. The zero-order valence-electron chi connectivity index (χ0n) is 20.8. The second-order valence-corrected chi connectivity index (χ2v) is 15.8. The molecule has 0 radical (unpaired) electrons. The van der Waals surface area contributed by atoms with E-state index in [0.29, 0.717) is 6.61 Å². The highest BCUT2D eigenvalue weighted by molar-refractivity contribution is 14.1. The van der Waals surface area contributed by atoms with Crippen LogP contribution in [0.2, 0.25) is 18.1 Å². The molecule has 0 bridgehead atoms. The first kappa shape index (κ1) is 27.2. The van der Waals surface area contributed by atoms with E-state index < -0.39 is 8.32 Å². The summed E-state index contributed by atoms with van der Waals surface area (Å²) < 4.78 is 24.4. The van der Waals surface area contributed by atoms with Gasteiger partial charge >= 0.3 is 0 Å². The van der Waals surface area contributed by atoms with Crippen molar-refractivity contribution in [3.63, 3.8) is 0 Å². The second kappa shape index (κ2) is 11.9. The number of benzene rings is 2. The van der Waals surface area contributed by atoms with Gasteiger partial charge in [0.15, 0.2) is 8.32 Å². The Hall–Kier alpha value is -1.09. The van der Waals surface area contributed by atoms with Crippen LogP contribution in [-0.2, 0) is 15.6 Å². The Balaban J connectivity index is 2.20. The third kappa shape index (κ3) is 7.47. The maximum absolute atomic E-state index is 6.87. The summed E-state index contributed by atoms with van der Waals surface area (Å²) in [7, 11) is 1.40. The minimum absolute atomic E-state index is 0.0837. The molecule has 0 N–H and O–H groups in total. The quantitative estimate of drug-likeness (QED) is 0.159. The third-order valence-corrected chi connectivity index (χ3v) is 11.6. The Morgan fingerprint density at radius 3 is 2.03 bits per heavy atom. The van der Waals surface area contributed by atoms with E-state index in [-0.39, 0.29) is 15.3 Å². The highest BCUT2D eigenvalue weighted by atomic mass is 127. The monoisotopic (exact) mass is 570 g/mol. The topological polar surface area (TPSA) is 36.9 Å². The summed E-state index contributed by atoms with van der Waals surface area (Å²) in [6.45, 7) is 14.0. The summed E-state index contributed by atoms with van der Waals surface area (Å²) in [5.41, 5.74) is 3.36. The van der Waals surface area contributed by atoms with E-state index in [1.54, 1.807) is 14.2 Å². The van der Waals surface area contributed by atoms with E-state index in [9.17, 15) is 0 Å². The van der Waals surface area contributed by atoms with Crippen LogP contribution < -0.4 is 9.47 Å². The summed E-state index contributed by atoms with van der Waals surface area (Å²) in [6, 6.07) is 14.6. The number of halogens is 1. The van der Waals surface area contributed by atoms with Crippen LogP contribution in [0.1, 0.15) is 50.0 Å². The number of ether oxygens (including phenoxy) is 3. The molecule has 2 aromatic rings. The molecule has 32 heavy (non-hydrogen) atoms. The van der Waals surface area contributed by atoms with Crippen molar-refractivity contribution in [1.82, 2.24) is 0 Å². The molecule has 6 heteroatoms. The minimum atomic E-state index is -2.00. The summed E-state index contributed by atoms with van der Waals surface area (Å²) in [4.78, 5) is 0. The Labute approximate surface area is 209 Å². The molecule has 4 nitrogen and oxygen atoms in total. The molecular formula is C26H39IO4Si. The van der Waals surface area contributed by atoms with E-state index >= 15 is 0 Å². The van der Waals surface area contributed by atoms with Crippen LogP contribution in [0.4, 0.5) is 0 Å². The molecule has 2 rings (SSSR count). The van der Waals surface area contributed by atoms with Gasteiger partial charge in [0.05, 0.1) is 26.9 Å². The van der Waals surface area contributed by atoms with Crippen molar-refractivity contribution < 1.29 is 18.6 Å². The smallest absolute Gasteiger partial charge is 0.192 e. The van der Waals surface area contributed by atoms with E-state index in [2.05, 4.69) is 92.9 Å². The summed E-state index contributed by atoms with van der Waals surface area (Å²) in [6.07, 6.45) is 1.58. The Kier molecular flexibility index (Phi) is 10.1. The Morgan fingerprint density at radius 1 is 0.969 bits per heavy atom. The zero-order valence-corrected chi connectivity index (χ0v) is 24.0.